The standard InChI is InChI=1S/C13H18ClN3O/c1-10(2)16-6-8-17(9-7-16)13(18)11-4-3-5-12(14)15-11/h3-5,10H,6-9H2,1-2H3. The first-order chi connectivity index (χ1) is 8.58. The summed E-state index contributed by atoms with van der Waals surface area (Å²) in [4.78, 5) is 20.5. The van der Waals surface area contributed by atoms with Gasteiger partial charge in [-0.25, -0.2) is 4.98 Å². The van der Waals surface area contributed by atoms with Crippen LogP contribution in [0.3, 0.4) is 0 Å². The number of piperazine rings is 1. The molecular weight excluding hydrogens is 250 g/mol. The molecule has 1 saturated heterocycles. The Kier molecular flexibility index (Phi) is 4.19. The second kappa shape index (κ2) is 5.67. The van der Waals surface area contributed by atoms with Gasteiger partial charge in [-0.3, -0.25) is 9.69 Å². The summed E-state index contributed by atoms with van der Waals surface area (Å²) in [5.41, 5.74) is 0.431. The first kappa shape index (κ1) is 13.3. The van der Waals surface area contributed by atoms with Crippen LogP contribution in [0.2, 0.25) is 5.15 Å². The third-order valence-corrected chi connectivity index (χ3v) is 3.48. The second-order valence-corrected chi connectivity index (χ2v) is 5.15. The first-order valence-electron chi connectivity index (χ1n) is 6.24. The van der Waals surface area contributed by atoms with Crippen molar-refractivity contribution in [2.75, 3.05) is 26.2 Å². The monoisotopic (exact) mass is 267 g/mol. The van der Waals surface area contributed by atoms with Crippen LogP contribution in [0.25, 0.3) is 0 Å². The molecule has 2 rings (SSSR count). The normalized spacial score (nSPS) is 17.2. The predicted octanol–water partition coefficient (Wildman–Crippen LogP) is 1.90. The minimum absolute atomic E-state index is 0.0269. The van der Waals surface area contributed by atoms with Gasteiger partial charge in [0.25, 0.3) is 5.91 Å². The number of rotatable bonds is 2. The lowest BCUT2D eigenvalue weighted by molar-refractivity contribution is 0.0590. The molecule has 2 heterocycles. The smallest absolute Gasteiger partial charge is 0.272 e. The van der Waals surface area contributed by atoms with Gasteiger partial charge in [-0.2, -0.15) is 0 Å². The zero-order chi connectivity index (χ0) is 13.1. The lowest BCUT2D eigenvalue weighted by atomic mass is 10.2. The minimum Gasteiger partial charge on any atom is -0.335 e. The maximum Gasteiger partial charge on any atom is 0.272 e. The highest BCUT2D eigenvalue weighted by Crippen LogP contribution is 2.11. The fraction of sp³-hybridized carbons (Fsp3) is 0.538. The molecule has 1 aromatic rings. The summed E-state index contributed by atoms with van der Waals surface area (Å²) in [6.45, 7) is 7.70. The Balaban J connectivity index is 1.99. The summed E-state index contributed by atoms with van der Waals surface area (Å²) in [5.74, 6) is -0.0269. The summed E-state index contributed by atoms with van der Waals surface area (Å²) in [6, 6.07) is 5.68. The van der Waals surface area contributed by atoms with Crippen molar-refractivity contribution in [3.8, 4) is 0 Å². The quantitative estimate of drug-likeness (QED) is 0.768. The van der Waals surface area contributed by atoms with Gasteiger partial charge in [0.2, 0.25) is 0 Å². The van der Waals surface area contributed by atoms with Gasteiger partial charge in [0.15, 0.2) is 0 Å². The average Bonchev–Trinajstić information content (AvgIpc) is 2.38. The molecule has 98 valence electrons. The van der Waals surface area contributed by atoms with Crippen LogP contribution >= 0.6 is 11.6 Å². The van der Waals surface area contributed by atoms with Crippen molar-refractivity contribution in [2.45, 2.75) is 19.9 Å². The molecule has 0 N–H and O–H groups in total. The van der Waals surface area contributed by atoms with Crippen LogP contribution in [-0.4, -0.2) is 52.9 Å². The van der Waals surface area contributed by atoms with Crippen molar-refractivity contribution in [1.29, 1.82) is 0 Å². The Hall–Kier alpha value is -1.13. The van der Waals surface area contributed by atoms with E-state index >= 15 is 0 Å². The van der Waals surface area contributed by atoms with Crippen LogP contribution in [0.5, 0.6) is 0 Å². The van der Waals surface area contributed by atoms with Crippen molar-refractivity contribution in [3.05, 3.63) is 29.0 Å². The molecule has 18 heavy (non-hydrogen) atoms. The van der Waals surface area contributed by atoms with E-state index < -0.39 is 0 Å². The van der Waals surface area contributed by atoms with Gasteiger partial charge in [-0.15, -0.1) is 0 Å². The topological polar surface area (TPSA) is 36.4 Å². The van der Waals surface area contributed by atoms with Gasteiger partial charge in [0.1, 0.15) is 10.8 Å². The molecule has 0 saturated carbocycles. The van der Waals surface area contributed by atoms with Crippen molar-refractivity contribution >= 4 is 17.5 Å². The number of amides is 1. The van der Waals surface area contributed by atoms with Crippen LogP contribution < -0.4 is 0 Å². The van der Waals surface area contributed by atoms with E-state index in [0.29, 0.717) is 16.9 Å². The molecular formula is C13H18ClN3O. The van der Waals surface area contributed by atoms with E-state index in [9.17, 15) is 4.79 Å². The number of nitrogens with zero attached hydrogens (tertiary/aromatic N) is 3. The van der Waals surface area contributed by atoms with E-state index in [1.807, 2.05) is 4.90 Å². The van der Waals surface area contributed by atoms with Gasteiger partial charge in [0.05, 0.1) is 0 Å². The first-order valence-corrected chi connectivity index (χ1v) is 6.61. The van der Waals surface area contributed by atoms with E-state index in [-0.39, 0.29) is 5.91 Å². The van der Waals surface area contributed by atoms with Crippen molar-refractivity contribution in [1.82, 2.24) is 14.8 Å². The Bertz CT molecular complexity index is 428. The van der Waals surface area contributed by atoms with Gasteiger partial charge >= 0.3 is 0 Å². The number of hydrogen-bond acceptors (Lipinski definition) is 3. The highest BCUT2D eigenvalue weighted by molar-refractivity contribution is 6.29. The van der Waals surface area contributed by atoms with E-state index in [4.69, 9.17) is 11.6 Å². The van der Waals surface area contributed by atoms with E-state index in [1.54, 1.807) is 18.2 Å². The van der Waals surface area contributed by atoms with Gasteiger partial charge in [-0.1, -0.05) is 17.7 Å². The maximum atomic E-state index is 12.2. The molecule has 1 aliphatic rings. The highest BCUT2D eigenvalue weighted by atomic mass is 35.5. The molecule has 4 nitrogen and oxygen atoms in total. The van der Waals surface area contributed by atoms with Gasteiger partial charge < -0.3 is 4.90 Å². The number of halogens is 1. The maximum absolute atomic E-state index is 12.2. The van der Waals surface area contributed by atoms with E-state index in [2.05, 4.69) is 23.7 Å². The van der Waals surface area contributed by atoms with Crippen LogP contribution in [0.15, 0.2) is 18.2 Å². The fourth-order valence-electron chi connectivity index (χ4n) is 2.13. The van der Waals surface area contributed by atoms with Crippen LogP contribution in [-0.2, 0) is 0 Å². The third-order valence-electron chi connectivity index (χ3n) is 3.27. The molecule has 1 aromatic heterocycles. The molecule has 0 bridgehead atoms. The summed E-state index contributed by atoms with van der Waals surface area (Å²) in [7, 11) is 0. The molecule has 1 fully saturated rings. The number of carbonyl (C=O) groups is 1. The zero-order valence-electron chi connectivity index (χ0n) is 10.8. The Morgan fingerprint density at radius 1 is 1.28 bits per heavy atom. The summed E-state index contributed by atoms with van der Waals surface area (Å²) in [5, 5.41) is 0.363. The number of aromatic nitrogens is 1. The van der Waals surface area contributed by atoms with Crippen molar-refractivity contribution < 1.29 is 4.79 Å². The largest absolute Gasteiger partial charge is 0.335 e. The van der Waals surface area contributed by atoms with Crippen LogP contribution in [0, 0.1) is 0 Å². The molecule has 0 spiro atoms. The molecule has 0 radical (unpaired) electrons. The second-order valence-electron chi connectivity index (χ2n) is 4.77. The SMILES string of the molecule is CC(C)N1CCN(C(=O)c2cccc(Cl)n2)CC1. The van der Waals surface area contributed by atoms with Crippen molar-refractivity contribution in [3.63, 3.8) is 0 Å². The third kappa shape index (κ3) is 3.00. The van der Waals surface area contributed by atoms with E-state index in [1.165, 1.54) is 0 Å². The highest BCUT2D eigenvalue weighted by Gasteiger charge is 2.23. The molecule has 0 unspecified atom stereocenters. The molecule has 1 amide bonds. The molecule has 0 aliphatic carbocycles. The lowest BCUT2D eigenvalue weighted by Crippen LogP contribution is -2.50. The molecule has 1 aliphatic heterocycles. The number of carbonyl (C=O) groups excluding carboxylic acids is 1. The predicted molar refractivity (Wildman–Crippen MR) is 71.9 cm³/mol. The summed E-state index contributed by atoms with van der Waals surface area (Å²) in [6.07, 6.45) is 0. The summed E-state index contributed by atoms with van der Waals surface area (Å²) >= 11 is 5.80. The van der Waals surface area contributed by atoms with Gasteiger partial charge in [-0.05, 0) is 26.0 Å². The number of hydrogen-bond donors (Lipinski definition) is 0. The van der Waals surface area contributed by atoms with Crippen molar-refractivity contribution in [2.24, 2.45) is 0 Å². The fourth-order valence-corrected chi connectivity index (χ4v) is 2.29. The molecule has 0 aromatic carbocycles. The van der Waals surface area contributed by atoms with E-state index in [0.717, 1.165) is 26.2 Å². The number of pyridine rings is 1. The van der Waals surface area contributed by atoms with Crippen LogP contribution in [0.1, 0.15) is 24.3 Å². The van der Waals surface area contributed by atoms with Crippen LogP contribution in [0.4, 0.5) is 0 Å². The zero-order valence-corrected chi connectivity index (χ0v) is 11.5. The molecule has 5 heteroatoms. The molecule has 0 atom stereocenters. The Labute approximate surface area is 113 Å². The average molecular weight is 268 g/mol. The Morgan fingerprint density at radius 3 is 2.50 bits per heavy atom. The minimum atomic E-state index is -0.0269. The Morgan fingerprint density at radius 2 is 1.94 bits per heavy atom. The summed E-state index contributed by atoms with van der Waals surface area (Å²) < 4.78 is 0. The lowest BCUT2D eigenvalue weighted by Gasteiger charge is -2.36. The van der Waals surface area contributed by atoms with Gasteiger partial charge in [0, 0.05) is 32.2 Å².